The summed E-state index contributed by atoms with van der Waals surface area (Å²) in [5.41, 5.74) is 12.3. The molecule has 0 saturated carbocycles. The fourth-order valence-electron chi connectivity index (χ4n) is 2.64. The number of hydrogen-bond acceptors (Lipinski definition) is 7. The van der Waals surface area contributed by atoms with Crippen LogP contribution in [0.25, 0.3) is 10.2 Å². The van der Waals surface area contributed by atoms with E-state index in [-0.39, 0.29) is 6.29 Å². The van der Waals surface area contributed by atoms with E-state index in [9.17, 15) is 4.79 Å². The van der Waals surface area contributed by atoms with E-state index in [0.29, 0.717) is 37.4 Å². The van der Waals surface area contributed by atoms with Gasteiger partial charge in [0.25, 0.3) is 0 Å². The van der Waals surface area contributed by atoms with E-state index in [1.54, 1.807) is 33.4 Å². The molecule has 1 aromatic carbocycles. The van der Waals surface area contributed by atoms with Gasteiger partial charge in [-0.15, -0.1) is 0 Å². The van der Waals surface area contributed by atoms with Crippen LogP contribution in [0.1, 0.15) is 16.8 Å². The number of methoxy groups -OCH3 is 2. The van der Waals surface area contributed by atoms with Gasteiger partial charge in [0.05, 0.1) is 11.3 Å². The highest BCUT2D eigenvalue weighted by Gasteiger charge is 2.16. The van der Waals surface area contributed by atoms with Gasteiger partial charge in [0, 0.05) is 46.3 Å². The van der Waals surface area contributed by atoms with Gasteiger partial charge in [0.1, 0.15) is 11.3 Å². The van der Waals surface area contributed by atoms with Crippen LogP contribution < -0.4 is 21.0 Å². The Hall–Kier alpha value is -2.20. The van der Waals surface area contributed by atoms with Crippen LogP contribution in [0.3, 0.4) is 0 Å². The standard InChI is InChI=1S/C18H26N4O4S/c1-21-18-22(8-5-4-7-19)16-13(26-9-6-15(24-2)25-3)10-12(17(20)23)11-14(16)27-18/h4-5,10-11,15H,6-9,19H2,1-3H3,(H2,20,23)/b5-4+,21-18?. The van der Waals surface area contributed by atoms with Crippen LogP contribution in [0, 0.1) is 0 Å². The van der Waals surface area contributed by atoms with Gasteiger partial charge in [-0.2, -0.15) is 0 Å². The van der Waals surface area contributed by atoms with Crippen LogP contribution in [0.4, 0.5) is 0 Å². The number of nitrogens with zero attached hydrogens (tertiary/aromatic N) is 2. The molecule has 1 heterocycles. The second kappa shape index (κ2) is 10.2. The smallest absolute Gasteiger partial charge is 0.248 e. The molecule has 1 aromatic heterocycles. The molecule has 0 spiro atoms. The topological polar surface area (TPSA) is 114 Å². The maximum absolute atomic E-state index is 11.7. The van der Waals surface area contributed by atoms with E-state index in [0.717, 1.165) is 15.0 Å². The van der Waals surface area contributed by atoms with Crippen molar-refractivity contribution in [3.8, 4) is 5.75 Å². The number of thiazole rings is 1. The van der Waals surface area contributed by atoms with Gasteiger partial charge < -0.3 is 30.2 Å². The normalized spacial score (nSPS) is 12.6. The van der Waals surface area contributed by atoms with Crippen molar-refractivity contribution in [2.24, 2.45) is 16.5 Å². The second-order valence-electron chi connectivity index (χ2n) is 5.65. The summed E-state index contributed by atoms with van der Waals surface area (Å²) in [6, 6.07) is 3.43. The molecule has 0 aliphatic rings. The quantitative estimate of drug-likeness (QED) is 0.465. The molecule has 0 saturated heterocycles. The molecule has 0 unspecified atom stereocenters. The molecule has 0 aliphatic carbocycles. The Kier molecular flexibility index (Phi) is 7.99. The maximum atomic E-state index is 11.7. The molecule has 0 aliphatic heterocycles. The van der Waals surface area contributed by atoms with Crippen molar-refractivity contribution in [1.29, 1.82) is 0 Å². The number of benzene rings is 1. The van der Waals surface area contributed by atoms with Gasteiger partial charge in [-0.25, -0.2) is 0 Å². The van der Waals surface area contributed by atoms with Gasteiger partial charge in [0.2, 0.25) is 5.91 Å². The van der Waals surface area contributed by atoms with Crippen molar-refractivity contribution < 1.29 is 19.0 Å². The van der Waals surface area contributed by atoms with Crippen LogP contribution in [0.5, 0.6) is 5.75 Å². The van der Waals surface area contributed by atoms with Crippen molar-refractivity contribution in [2.45, 2.75) is 19.3 Å². The molecule has 8 nitrogen and oxygen atoms in total. The van der Waals surface area contributed by atoms with Crippen molar-refractivity contribution in [1.82, 2.24) is 4.57 Å². The highest BCUT2D eigenvalue weighted by atomic mass is 32.1. The summed E-state index contributed by atoms with van der Waals surface area (Å²) in [6.07, 6.45) is 4.04. The zero-order chi connectivity index (χ0) is 19.8. The Bertz CT molecular complexity index is 868. The lowest BCUT2D eigenvalue weighted by Gasteiger charge is -2.15. The third kappa shape index (κ3) is 5.16. The Labute approximate surface area is 162 Å². The number of rotatable bonds is 10. The molecule has 0 atom stereocenters. The molecule has 0 bridgehead atoms. The van der Waals surface area contributed by atoms with Crippen molar-refractivity contribution in [2.75, 3.05) is 34.4 Å². The zero-order valence-corrected chi connectivity index (χ0v) is 16.6. The van der Waals surface area contributed by atoms with Gasteiger partial charge >= 0.3 is 0 Å². The predicted molar refractivity (Wildman–Crippen MR) is 106 cm³/mol. The molecule has 2 aromatic rings. The summed E-state index contributed by atoms with van der Waals surface area (Å²) in [4.78, 5) is 16.9. The first-order chi connectivity index (χ1) is 13.0. The Morgan fingerprint density at radius 2 is 2.07 bits per heavy atom. The fourth-order valence-corrected chi connectivity index (χ4v) is 3.69. The van der Waals surface area contributed by atoms with Crippen molar-refractivity contribution in [3.63, 3.8) is 0 Å². The third-order valence-corrected chi connectivity index (χ3v) is 5.06. The largest absolute Gasteiger partial charge is 0.491 e. The molecule has 2 rings (SSSR count). The molecular formula is C18H26N4O4S. The SMILES string of the molecule is CN=c1sc2cc(C(N)=O)cc(OCCC(OC)OC)c2n1C/C=C/CN. The van der Waals surface area contributed by atoms with E-state index >= 15 is 0 Å². The van der Waals surface area contributed by atoms with Crippen LogP contribution >= 0.6 is 11.3 Å². The number of aromatic nitrogens is 1. The highest BCUT2D eigenvalue weighted by molar-refractivity contribution is 7.16. The molecule has 27 heavy (non-hydrogen) atoms. The number of amides is 1. The van der Waals surface area contributed by atoms with E-state index in [2.05, 4.69) is 4.99 Å². The first-order valence-corrected chi connectivity index (χ1v) is 9.30. The van der Waals surface area contributed by atoms with Crippen molar-refractivity contribution >= 4 is 27.5 Å². The van der Waals surface area contributed by atoms with Crippen LogP contribution in [-0.2, 0) is 16.0 Å². The minimum absolute atomic E-state index is 0.358. The number of nitrogens with two attached hydrogens (primary N) is 2. The summed E-state index contributed by atoms with van der Waals surface area (Å²) in [6.45, 7) is 1.41. The lowest BCUT2D eigenvalue weighted by atomic mass is 10.2. The Balaban J connectivity index is 2.48. The van der Waals surface area contributed by atoms with Crippen molar-refractivity contribution in [3.05, 3.63) is 34.6 Å². The monoisotopic (exact) mass is 394 g/mol. The number of carbonyl (C=O) groups is 1. The van der Waals surface area contributed by atoms with E-state index in [1.807, 2.05) is 16.7 Å². The van der Waals surface area contributed by atoms with E-state index in [4.69, 9.17) is 25.7 Å². The minimum atomic E-state index is -0.508. The summed E-state index contributed by atoms with van der Waals surface area (Å²) in [5.74, 6) is 0.0610. The zero-order valence-electron chi connectivity index (χ0n) is 15.8. The van der Waals surface area contributed by atoms with E-state index < -0.39 is 5.91 Å². The Morgan fingerprint density at radius 3 is 2.67 bits per heavy atom. The van der Waals surface area contributed by atoms with Gasteiger partial charge in [-0.05, 0) is 12.1 Å². The summed E-state index contributed by atoms with van der Waals surface area (Å²) >= 11 is 1.47. The second-order valence-corrected chi connectivity index (χ2v) is 6.66. The van der Waals surface area contributed by atoms with E-state index in [1.165, 1.54) is 11.3 Å². The number of hydrogen-bond donors (Lipinski definition) is 2. The summed E-state index contributed by atoms with van der Waals surface area (Å²) in [7, 11) is 4.88. The predicted octanol–water partition coefficient (Wildman–Crippen LogP) is 1.23. The van der Waals surface area contributed by atoms with Crippen LogP contribution in [-0.4, -0.2) is 51.2 Å². The minimum Gasteiger partial charge on any atom is -0.491 e. The molecule has 9 heteroatoms. The average molecular weight is 394 g/mol. The van der Waals surface area contributed by atoms with Gasteiger partial charge in [-0.3, -0.25) is 9.79 Å². The highest BCUT2D eigenvalue weighted by Crippen LogP contribution is 2.30. The molecule has 4 N–H and O–H groups in total. The number of carbonyl (C=O) groups excluding carboxylic acids is 1. The number of allylic oxidation sites excluding steroid dienone is 1. The molecule has 1 amide bonds. The van der Waals surface area contributed by atoms with Crippen LogP contribution in [0.15, 0.2) is 29.3 Å². The molecular weight excluding hydrogens is 368 g/mol. The lowest BCUT2D eigenvalue weighted by molar-refractivity contribution is -0.110. The third-order valence-electron chi connectivity index (χ3n) is 3.95. The number of ether oxygens (including phenoxy) is 3. The van der Waals surface area contributed by atoms with Gasteiger partial charge in [0.15, 0.2) is 11.1 Å². The first kappa shape index (κ1) is 21.1. The average Bonchev–Trinajstić information content (AvgIpc) is 3.03. The van der Waals surface area contributed by atoms with Crippen LogP contribution in [0.2, 0.25) is 0 Å². The first-order valence-electron chi connectivity index (χ1n) is 8.49. The molecule has 0 fully saturated rings. The number of primary amides is 1. The fraction of sp³-hybridized carbons (Fsp3) is 0.444. The Morgan fingerprint density at radius 1 is 1.33 bits per heavy atom. The molecule has 148 valence electrons. The lowest BCUT2D eigenvalue weighted by Crippen LogP contribution is -2.18. The molecule has 0 radical (unpaired) electrons. The summed E-state index contributed by atoms with van der Waals surface area (Å²) < 4.78 is 19.2. The summed E-state index contributed by atoms with van der Waals surface area (Å²) in [5, 5.41) is 0. The van der Waals surface area contributed by atoms with Gasteiger partial charge in [-0.1, -0.05) is 23.5 Å². The maximum Gasteiger partial charge on any atom is 0.248 e. The number of fused-ring (bicyclic) bond motifs is 1.